The molecule has 0 aromatic heterocycles. The van der Waals surface area contributed by atoms with Crippen LogP contribution in [0.4, 0.5) is 0 Å². The summed E-state index contributed by atoms with van der Waals surface area (Å²) in [6.45, 7) is 4.65. The summed E-state index contributed by atoms with van der Waals surface area (Å²) in [6, 6.07) is 12.5. The second-order valence-electron chi connectivity index (χ2n) is 6.32. The maximum absolute atomic E-state index is 5.93. The molecule has 0 unspecified atom stereocenters. The molecule has 0 saturated carbocycles. The summed E-state index contributed by atoms with van der Waals surface area (Å²) in [5.41, 5.74) is 3.46. The topological polar surface area (TPSA) is 49.0 Å². The van der Waals surface area contributed by atoms with Crippen LogP contribution in [-0.2, 0) is 24.3 Å². The number of benzene rings is 2. The molecule has 0 saturated heterocycles. The van der Waals surface area contributed by atoms with Crippen LogP contribution >= 0.6 is 0 Å². The van der Waals surface area contributed by atoms with Crippen molar-refractivity contribution in [3.05, 3.63) is 53.1 Å². The van der Waals surface area contributed by atoms with E-state index in [1.54, 1.807) is 14.2 Å². The number of rotatable bonds is 8. The van der Waals surface area contributed by atoms with Crippen LogP contribution in [0.3, 0.4) is 0 Å². The number of hydrogen-bond donors (Lipinski definition) is 1. The molecule has 1 heterocycles. The third-order valence-corrected chi connectivity index (χ3v) is 4.58. The molecule has 0 aliphatic carbocycles. The van der Waals surface area contributed by atoms with Gasteiger partial charge in [0.1, 0.15) is 12.4 Å². The molecule has 140 valence electrons. The van der Waals surface area contributed by atoms with Crippen LogP contribution in [0.25, 0.3) is 0 Å². The molecule has 3 rings (SSSR count). The molecule has 1 aliphatic heterocycles. The molecule has 1 aliphatic rings. The third kappa shape index (κ3) is 4.29. The molecule has 0 spiro atoms. The van der Waals surface area contributed by atoms with Gasteiger partial charge in [0.2, 0.25) is 0 Å². The first kappa shape index (κ1) is 18.5. The van der Waals surface area contributed by atoms with Gasteiger partial charge in [-0.15, -0.1) is 0 Å². The van der Waals surface area contributed by atoms with Crippen molar-refractivity contribution in [1.29, 1.82) is 0 Å². The lowest BCUT2D eigenvalue weighted by Gasteiger charge is -2.27. The van der Waals surface area contributed by atoms with Crippen molar-refractivity contribution in [2.45, 2.75) is 32.5 Å². The summed E-state index contributed by atoms with van der Waals surface area (Å²) in [4.78, 5) is 0. The molecule has 1 N–H and O–H groups in total. The van der Waals surface area contributed by atoms with Gasteiger partial charge < -0.3 is 24.3 Å². The van der Waals surface area contributed by atoms with Gasteiger partial charge in [-0.3, -0.25) is 0 Å². The predicted molar refractivity (Wildman–Crippen MR) is 101 cm³/mol. The molecule has 26 heavy (non-hydrogen) atoms. The van der Waals surface area contributed by atoms with E-state index >= 15 is 0 Å². The van der Waals surface area contributed by atoms with Gasteiger partial charge >= 0.3 is 0 Å². The van der Waals surface area contributed by atoms with E-state index in [2.05, 4.69) is 23.5 Å². The largest absolute Gasteiger partial charge is 0.496 e. The molecule has 0 fully saturated rings. The lowest BCUT2D eigenvalue weighted by Crippen LogP contribution is -2.38. The minimum Gasteiger partial charge on any atom is -0.496 e. The number of methoxy groups -OCH3 is 2. The lowest BCUT2D eigenvalue weighted by molar-refractivity contribution is 0.132. The predicted octanol–water partition coefficient (Wildman–Crippen LogP) is 3.33. The monoisotopic (exact) mass is 357 g/mol. The highest BCUT2D eigenvalue weighted by Crippen LogP contribution is 2.34. The Bertz CT molecular complexity index is 732. The molecule has 0 amide bonds. The summed E-state index contributed by atoms with van der Waals surface area (Å²) >= 11 is 0. The fourth-order valence-corrected chi connectivity index (χ4v) is 3.21. The standard InChI is InChI=1S/C21H27NO4/c1-4-25-13-17-10-15(8-9-19(17)23-2)12-22-18-11-16-6-5-7-20(24-3)21(16)26-14-18/h5-10,18,22H,4,11-14H2,1-3H3/t18-/m1/s1. The third-order valence-electron chi connectivity index (χ3n) is 4.58. The second-order valence-corrected chi connectivity index (χ2v) is 6.32. The van der Waals surface area contributed by atoms with Crippen molar-refractivity contribution in [1.82, 2.24) is 5.32 Å². The summed E-state index contributed by atoms with van der Waals surface area (Å²) in [5, 5.41) is 3.59. The average molecular weight is 357 g/mol. The highest BCUT2D eigenvalue weighted by atomic mass is 16.5. The van der Waals surface area contributed by atoms with Crippen LogP contribution in [0.1, 0.15) is 23.6 Å². The Morgan fingerprint density at radius 2 is 1.96 bits per heavy atom. The van der Waals surface area contributed by atoms with Crippen LogP contribution in [0.2, 0.25) is 0 Å². The van der Waals surface area contributed by atoms with Crippen LogP contribution in [0.15, 0.2) is 36.4 Å². The number of nitrogens with one attached hydrogen (secondary N) is 1. The van der Waals surface area contributed by atoms with Gasteiger partial charge in [-0.2, -0.15) is 0 Å². The normalized spacial score (nSPS) is 15.9. The zero-order valence-electron chi connectivity index (χ0n) is 15.7. The van der Waals surface area contributed by atoms with Crippen LogP contribution in [0.5, 0.6) is 17.2 Å². The molecular formula is C21H27NO4. The second kappa shape index (κ2) is 8.92. The Labute approximate surface area is 155 Å². The minimum atomic E-state index is 0.270. The smallest absolute Gasteiger partial charge is 0.164 e. The van der Waals surface area contributed by atoms with E-state index in [1.165, 1.54) is 11.1 Å². The first-order chi connectivity index (χ1) is 12.7. The van der Waals surface area contributed by atoms with Gasteiger partial charge in [0, 0.05) is 24.8 Å². The maximum Gasteiger partial charge on any atom is 0.164 e. The van der Waals surface area contributed by atoms with Gasteiger partial charge in [-0.05, 0) is 42.7 Å². The van der Waals surface area contributed by atoms with E-state index in [1.807, 2.05) is 25.1 Å². The van der Waals surface area contributed by atoms with Crippen LogP contribution in [-0.4, -0.2) is 33.5 Å². The molecule has 1 atom stereocenters. The average Bonchev–Trinajstić information content (AvgIpc) is 2.69. The van der Waals surface area contributed by atoms with Crippen molar-refractivity contribution in [3.8, 4) is 17.2 Å². The van der Waals surface area contributed by atoms with Gasteiger partial charge in [0.05, 0.1) is 20.8 Å². The minimum absolute atomic E-state index is 0.270. The fraction of sp³-hybridized carbons (Fsp3) is 0.429. The molecule has 0 radical (unpaired) electrons. The van der Waals surface area contributed by atoms with Crippen molar-refractivity contribution >= 4 is 0 Å². The molecular weight excluding hydrogens is 330 g/mol. The molecule has 2 aromatic carbocycles. The maximum atomic E-state index is 5.93. The fourth-order valence-electron chi connectivity index (χ4n) is 3.21. The zero-order chi connectivity index (χ0) is 18.4. The molecule has 5 heteroatoms. The highest BCUT2D eigenvalue weighted by Gasteiger charge is 2.22. The Morgan fingerprint density at radius 1 is 1.12 bits per heavy atom. The van der Waals surface area contributed by atoms with E-state index in [0.717, 1.165) is 35.8 Å². The van der Waals surface area contributed by atoms with Gasteiger partial charge in [0.25, 0.3) is 0 Å². The van der Waals surface area contributed by atoms with Crippen LogP contribution in [0, 0.1) is 0 Å². The number of hydrogen-bond acceptors (Lipinski definition) is 5. The summed E-state index contributed by atoms with van der Waals surface area (Å²) in [6.07, 6.45) is 0.925. The van der Waals surface area contributed by atoms with Crippen molar-refractivity contribution < 1.29 is 18.9 Å². The van der Waals surface area contributed by atoms with E-state index in [-0.39, 0.29) is 6.04 Å². The number of fused-ring (bicyclic) bond motifs is 1. The Kier molecular flexibility index (Phi) is 6.36. The Morgan fingerprint density at radius 3 is 2.73 bits per heavy atom. The van der Waals surface area contributed by atoms with Crippen molar-refractivity contribution in [3.63, 3.8) is 0 Å². The Hall–Kier alpha value is -2.24. The molecule has 5 nitrogen and oxygen atoms in total. The van der Waals surface area contributed by atoms with Crippen LogP contribution < -0.4 is 19.5 Å². The highest BCUT2D eigenvalue weighted by molar-refractivity contribution is 5.48. The number of para-hydroxylation sites is 1. The first-order valence-corrected chi connectivity index (χ1v) is 9.00. The first-order valence-electron chi connectivity index (χ1n) is 9.00. The van der Waals surface area contributed by atoms with E-state index in [9.17, 15) is 0 Å². The van der Waals surface area contributed by atoms with Crippen molar-refractivity contribution in [2.75, 3.05) is 27.4 Å². The van der Waals surface area contributed by atoms with Gasteiger partial charge in [0.15, 0.2) is 11.5 Å². The molecule has 2 aromatic rings. The van der Waals surface area contributed by atoms with E-state index in [4.69, 9.17) is 18.9 Å². The van der Waals surface area contributed by atoms with E-state index in [0.29, 0.717) is 19.8 Å². The summed E-state index contributed by atoms with van der Waals surface area (Å²) in [5.74, 6) is 2.54. The molecule has 0 bridgehead atoms. The zero-order valence-corrected chi connectivity index (χ0v) is 15.7. The Balaban J connectivity index is 1.62. The summed E-state index contributed by atoms with van der Waals surface area (Å²) in [7, 11) is 3.36. The van der Waals surface area contributed by atoms with E-state index < -0.39 is 0 Å². The van der Waals surface area contributed by atoms with Crippen molar-refractivity contribution in [2.24, 2.45) is 0 Å². The SMILES string of the molecule is CCOCc1cc(CN[C@H]2COc3c(cccc3OC)C2)ccc1OC. The quantitative estimate of drug-likeness (QED) is 0.785. The lowest BCUT2D eigenvalue weighted by atomic mass is 10.0. The number of ether oxygens (including phenoxy) is 4. The summed E-state index contributed by atoms with van der Waals surface area (Å²) < 4.78 is 22.3. The van der Waals surface area contributed by atoms with Gasteiger partial charge in [-0.25, -0.2) is 0 Å². The van der Waals surface area contributed by atoms with Gasteiger partial charge in [-0.1, -0.05) is 18.2 Å².